The van der Waals surface area contributed by atoms with Gasteiger partial charge in [0, 0.05) is 17.4 Å². The average molecular weight is 311 g/mol. The molecule has 0 aliphatic carbocycles. The minimum atomic E-state index is -0.347. The van der Waals surface area contributed by atoms with Gasteiger partial charge >= 0.3 is 0 Å². The molecule has 0 radical (unpaired) electrons. The van der Waals surface area contributed by atoms with E-state index in [0.29, 0.717) is 28.6 Å². The summed E-state index contributed by atoms with van der Waals surface area (Å²) in [6, 6.07) is 6.57. The number of benzene rings is 1. The molecule has 0 aliphatic heterocycles. The third kappa shape index (κ3) is 3.40. The summed E-state index contributed by atoms with van der Waals surface area (Å²) in [4.78, 5) is 16.0. The molecule has 2 aromatic rings. The van der Waals surface area contributed by atoms with E-state index in [4.69, 9.17) is 27.9 Å². The number of hydrogen-bond acceptors (Lipinski definition) is 3. The van der Waals surface area contributed by atoms with E-state index < -0.39 is 0 Å². The molecular formula is C14H12Cl2N2O2. The molecule has 0 aliphatic rings. The lowest BCUT2D eigenvalue weighted by molar-refractivity contribution is 0.102. The first-order valence-electron chi connectivity index (χ1n) is 5.95. The number of amides is 1. The van der Waals surface area contributed by atoms with Crippen LogP contribution in [-0.2, 0) is 0 Å². The molecule has 1 heterocycles. The summed E-state index contributed by atoms with van der Waals surface area (Å²) < 4.78 is 5.44. The fourth-order valence-corrected chi connectivity index (χ4v) is 2.01. The molecule has 6 heteroatoms. The van der Waals surface area contributed by atoms with Crippen LogP contribution < -0.4 is 10.1 Å². The van der Waals surface area contributed by atoms with Gasteiger partial charge in [0.25, 0.3) is 5.91 Å². The van der Waals surface area contributed by atoms with Crippen molar-refractivity contribution in [3.63, 3.8) is 0 Å². The molecule has 0 bridgehead atoms. The van der Waals surface area contributed by atoms with E-state index in [9.17, 15) is 4.79 Å². The van der Waals surface area contributed by atoms with Gasteiger partial charge in [-0.3, -0.25) is 9.78 Å². The Hall–Kier alpha value is -1.78. The fraction of sp³-hybridized carbons (Fsp3) is 0.143. The second-order valence-electron chi connectivity index (χ2n) is 3.88. The third-order valence-electron chi connectivity index (χ3n) is 2.51. The summed E-state index contributed by atoms with van der Waals surface area (Å²) in [5.41, 5.74) is 0.835. The first kappa shape index (κ1) is 14.6. The minimum Gasteiger partial charge on any atom is -0.492 e. The van der Waals surface area contributed by atoms with Gasteiger partial charge in [-0.1, -0.05) is 23.2 Å². The van der Waals surface area contributed by atoms with E-state index in [1.807, 2.05) is 6.92 Å². The van der Waals surface area contributed by atoms with Gasteiger partial charge in [0.15, 0.2) is 0 Å². The molecule has 1 aromatic carbocycles. The SMILES string of the molecule is CCOc1ccc(Cl)cc1NC(=O)c1ccncc1Cl. The lowest BCUT2D eigenvalue weighted by atomic mass is 10.2. The van der Waals surface area contributed by atoms with E-state index in [1.54, 1.807) is 24.3 Å². The van der Waals surface area contributed by atoms with Crippen LogP contribution in [0.4, 0.5) is 5.69 Å². The Kier molecular flexibility index (Phi) is 4.82. The zero-order valence-corrected chi connectivity index (χ0v) is 12.2. The quantitative estimate of drug-likeness (QED) is 0.927. The Bertz CT molecular complexity index is 632. The molecule has 0 saturated carbocycles. The number of anilines is 1. The first-order chi connectivity index (χ1) is 9.61. The molecule has 1 aromatic heterocycles. The van der Waals surface area contributed by atoms with E-state index in [0.717, 1.165) is 0 Å². The highest BCUT2D eigenvalue weighted by Crippen LogP contribution is 2.29. The van der Waals surface area contributed by atoms with Crippen molar-refractivity contribution in [1.29, 1.82) is 0 Å². The topological polar surface area (TPSA) is 51.2 Å². The summed E-state index contributed by atoms with van der Waals surface area (Å²) in [6.07, 6.45) is 2.92. The molecule has 0 spiro atoms. The number of nitrogens with zero attached hydrogens (tertiary/aromatic N) is 1. The van der Waals surface area contributed by atoms with E-state index >= 15 is 0 Å². The maximum absolute atomic E-state index is 12.2. The van der Waals surface area contributed by atoms with E-state index in [2.05, 4.69) is 10.3 Å². The predicted molar refractivity (Wildman–Crippen MR) is 79.8 cm³/mol. The van der Waals surface area contributed by atoms with Gasteiger partial charge in [-0.2, -0.15) is 0 Å². The van der Waals surface area contributed by atoms with Crippen molar-refractivity contribution >= 4 is 34.8 Å². The minimum absolute atomic E-state index is 0.282. The van der Waals surface area contributed by atoms with Crippen LogP contribution in [0.2, 0.25) is 10.0 Å². The molecule has 1 N–H and O–H groups in total. The molecule has 0 unspecified atom stereocenters. The van der Waals surface area contributed by atoms with Gasteiger partial charge in [-0.15, -0.1) is 0 Å². The number of halogens is 2. The Morgan fingerprint density at radius 2 is 2.15 bits per heavy atom. The maximum atomic E-state index is 12.2. The lowest BCUT2D eigenvalue weighted by Gasteiger charge is -2.12. The fourth-order valence-electron chi connectivity index (χ4n) is 1.63. The number of aromatic nitrogens is 1. The van der Waals surface area contributed by atoms with E-state index in [1.165, 1.54) is 12.4 Å². The second-order valence-corrected chi connectivity index (χ2v) is 4.73. The molecule has 20 heavy (non-hydrogen) atoms. The standard InChI is InChI=1S/C14H12Cl2N2O2/c1-2-20-13-4-3-9(15)7-12(13)18-14(19)10-5-6-17-8-11(10)16/h3-8H,2H2,1H3,(H,18,19). The number of ether oxygens (including phenoxy) is 1. The summed E-state index contributed by atoms with van der Waals surface area (Å²) >= 11 is 11.9. The van der Waals surface area contributed by atoms with Crippen molar-refractivity contribution in [2.24, 2.45) is 0 Å². The number of hydrogen-bond donors (Lipinski definition) is 1. The monoisotopic (exact) mass is 310 g/mol. The Morgan fingerprint density at radius 3 is 2.85 bits per heavy atom. The number of nitrogens with one attached hydrogen (secondary N) is 1. The number of rotatable bonds is 4. The highest BCUT2D eigenvalue weighted by molar-refractivity contribution is 6.34. The number of carbonyl (C=O) groups is 1. The molecule has 104 valence electrons. The zero-order chi connectivity index (χ0) is 14.5. The highest BCUT2D eigenvalue weighted by atomic mass is 35.5. The highest BCUT2D eigenvalue weighted by Gasteiger charge is 2.13. The number of pyridine rings is 1. The largest absolute Gasteiger partial charge is 0.492 e. The van der Waals surface area contributed by atoms with Crippen LogP contribution >= 0.6 is 23.2 Å². The normalized spacial score (nSPS) is 10.2. The summed E-state index contributed by atoms with van der Waals surface area (Å²) in [6.45, 7) is 2.35. The van der Waals surface area contributed by atoms with Crippen molar-refractivity contribution in [2.45, 2.75) is 6.92 Å². The predicted octanol–water partition coefficient (Wildman–Crippen LogP) is 4.04. The van der Waals surface area contributed by atoms with Gasteiger partial charge < -0.3 is 10.1 Å². The molecule has 0 fully saturated rings. The average Bonchev–Trinajstić information content (AvgIpc) is 2.42. The molecule has 1 amide bonds. The summed E-state index contributed by atoms with van der Waals surface area (Å²) in [5.74, 6) is 0.205. The van der Waals surface area contributed by atoms with Gasteiger partial charge in [0.2, 0.25) is 0 Å². The van der Waals surface area contributed by atoms with Crippen LogP contribution in [0, 0.1) is 0 Å². The summed E-state index contributed by atoms with van der Waals surface area (Å²) in [5, 5.41) is 3.52. The van der Waals surface area contributed by atoms with Gasteiger partial charge in [0.1, 0.15) is 5.75 Å². The zero-order valence-electron chi connectivity index (χ0n) is 10.7. The second kappa shape index (κ2) is 6.59. The van der Waals surface area contributed by atoms with E-state index in [-0.39, 0.29) is 10.9 Å². The molecular weight excluding hydrogens is 299 g/mol. The van der Waals surface area contributed by atoms with Gasteiger partial charge in [-0.05, 0) is 31.2 Å². The molecule has 2 rings (SSSR count). The van der Waals surface area contributed by atoms with Crippen LogP contribution in [0.15, 0.2) is 36.7 Å². The van der Waals surface area contributed by atoms with Gasteiger partial charge in [-0.25, -0.2) is 0 Å². The maximum Gasteiger partial charge on any atom is 0.257 e. The van der Waals surface area contributed by atoms with Crippen molar-refractivity contribution < 1.29 is 9.53 Å². The van der Waals surface area contributed by atoms with Crippen LogP contribution in [-0.4, -0.2) is 17.5 Å². The Morgan fingerprint density at radius 1 is 1.35 bits per heavy atom. The first-order valence-corrected chi connectivity index (χ1v) is 6.70. The van der Waals surface area contributed by atoms with Crippen LogP contribution in [0.3, 0.4) is 0 Å². The Balaban J connectivity index is 2.27. The third-order valence-corrected chi connectivity index (χ3v) is 3.04. The van der Waals surface area contributed by atoms with Crippen molar-refractivity contribution in [1.82, 2.24) is 4.98 Å². The van der Waals surface area contributed by atoms with Crippen LogP contribution in [0.25, 0.3) is 0 Å². The molecule has 0 atom stereocenters. The number of carbonyl (C=O) groups excluding carboxylic acids is 1. The van der Waals surface area contributed by atoms with Crippen molar-refractivity contribution in [3.05, 3.63) is 52.3 Å². The molecule has 0 saturated heterocycles. The Labute approximate surface area is 126 Å². The molecule has 4 nitrogen and oxygen atoms in total. The van der Waals surface area contributed by atoms with Gasteiger partial charge in [0.05, 0.1) is 22.9 Å². The van der Waals surface area contributed by atoms with Crippen LogP contribution in [0.5, 0.6) is 5.75 Å². The smallest absolute Gasteiger partial charge is 0.257 e. The van der Waals surface area contributed by atoms with Crippen LogP contribution in [0.1, 0.15) is 17.3 Å². The summed E-state index contributed by atoms with van der Waals surface area (Å²) in [7, 11) is 0. The van der Waals surface area contributed by atoms with Crippen molar-refractivity contribution in [3.8, 4) is 5.75 Å². The lowest BCUT2D eigenvalue weighted by Crippen LogP contribution is -2.13. The van der Waals surface area contributed by atoms with Crippen molar-refractivity contribution in [2.75, 3.05) is 11.9 Å².